The molecule has 1 unspecified atom stereocenters. The molecule has 1 aliphatic heterocycles. The van der Waals surface area contributed by atoms with Crippen molar-refractivity contribution in [3.05, 3.63) is 12.7 Å². The highest BCUT2D eigenvalue weighted by Crippen LogP contribution is 2.33. The van der Waals surface area contributed by atoms with Crippen molar-refractivity contribution in [1.29, 1.82) is 0 Å². The zero-order valence-corrected chi connectivity index (χ0v) is 9.29. The van der Waals surface area contributed by atoms with Crippen LogP contribution >= 0.6 is 0 Å². The summed E-state index contributed by atoms with van der Waals surface area (Å²) in [6, 6.07) is 0. The first-order valence-corrected chi connectivity index (χ1v) is 5.01. The van der Waals surface area contributed by atoms with Crippen molar-refractivity contribution in [2.45, 2.75) is 32.7 Å². The van der Waals surface area contributed by atoms with Gasteiger partial charge in [0.25, 0.3) is 0 Å². The molecule has 0 bridgehead atoms. The number of ether oxygens (including phenoxy) is 3. The maximum absolute atomic E-state index is 5.52. The van der Waals surface area contributed by atoms with Gasteiger partial charge in [-0.05, 0) is 20.3 Å². The molecule has 0 aromatic carbocycles. The SMILES string of the molecule is C=CCC1(C(C)OC)COC(C)OC1. The van der Waals surface area contributed by atoms with E-state index >= 15 is 0 Å². The Morgan fingerprint density at radius 3 is 2.57 bits per heavy atom. The smallest absolute Gasteiger partial charge is 0.154 e. The molecule has 0 saturated carbocycles. The molecule has 0 aliphatic carbocycles. The summed E-state index contributed by atoms with van der Waals surface area (Å²) < 4.78 is 16.4. The number of methoxy groups -OCH3 is 1. The second kappa shape index (κ2) is 4.91. The van der Waals surface area contributed by atoms with Crippen LogP contribution in [-0.4, -0.2) is 32.7 Å². The van der Waals surface area contributed by atoms with Gasteiger partial charge in [0.1, 0.15) is 0 Å². The predicted molar refractivity (Wildman–Crippen MR) is 55.1 cm³/mol. The lowest BCUT2D eigenvalue weighted by atomic mass is 9.80. The molecule has 0 radical (unpaired) electrons. The van der Waals surface area contributed by atoms with Gasteiger partial charge >= 0.3 is 0 Å². The van der Waals surface area contributed by atoms with Crippen molar-refractivity contribution < 1.29 is 14.2 Å². The molecule has 3 nitrogen and oxygen atoms in total. The second-order valence-corrected chi connectivity index (χ2v) is 3.92. The van der Waals surface area contributed by atoms with E-state index < -0.39 is 0 Å². The lowest BCUT2D eigenvalue weighted by Gasteiger charge is -2.42. The minimum atomic E-state index is -0.100. The monoisotopic (exact) mass is 200 g/mol. The predicted octanol–water partition coefficient (Wildman–Crippen LogP) is 1.98. The lowest BCUT2D eigenvalue weighted by molar-refractivity contribution is -0.241. The van der Waals surface area contributed by atoms with Gasteiger partial charge in [-0.2, -0.15) is 0 Å². The molecule has 1 saturated heterocycles. The molecule has 3 heteroatoms. The Morgan fingerprint density at radius 2 is 2.14 bits per heavy atom. The molecule has 0 spiro atoms. The van der Waals surface area contributed by atoms with E-state index in [0.717, 1.165) is 6.42 Å². The van der Waals surface area contributed by atoms with Gasteiger partial charge in [-0.25, -0.2) is 0 Å². The molecule has 14 heavy (non-hydrogen) atoms. The fourth-order valence-corrected chi connectivity index (χ4v) is 1.71. The standard InChI is InChI=1S/C11H20O3/c1-5-6-11(9(2)12-4)7-13-10(3)14-8-11/h5,9-10H,1,6-8H2,2-4H3. The van der Waals surface area contributed by atoms with E-state index in [1.165, 1.54) is 0 Å². The average Bonchev–Trinajstić information content (AvgIpc) is 2.21. The summed E-state index contributed by atoms with van der Waals surface area (Å²) >= 11 is 0. The van der Waals surface area contributed by atoms with Crippen molar-refractivity contribution >= 4 is 0 Å². The third kappa shape index (κ3) is 2.35. The van der Waals surface area contributed by atoms with Gasteiger partial charge in [0.2, 0.25) is 0 Å². The van der Waals surface area contributed by atoms with E-state index in [1.54, 1.807) is 7.11 Å². The van der Waals surface area contributed by atoms with Gasteiger partial charge in [-0.1, -0.05) is 6.08 Å². The second-order valence-electron chi connectivity index (χ2n) is 3.92. The Bertz CT molecular complexity index is 183. The highest BCUT2D eigenvalue weighted by molar-refractivity contribution is 4.92. The highest BCUT2D eigenvalue weighted by atomic mass is 16.7. The molecule has 0 aromatic rings. The number of rotatable bonds is 4. The van der Waals surface area contributed by atoms with Crippen LogP contribution in [0.2, 0.25) is 0 Å². The summed E-state index contributed by atoms with van der Waals surface area (Å²) in [5.41, 5.74) is -0.0665. The molecule has 1 rings (SSSR count). The van der Waals surface area contributed by atoms with Crippen molar-refractivity contribution in [2.75, 3.05) is 20.3 Å². The van der Waals surface area contributed by atoms with Crippen LogP contribution in [0, 0.1) is 5.41 Å². The van der Waals surface area contributed by atoms with E-state index in [2.05, 4.69) is 6.58 Å². The molecule has 0 aromatic heterocycles. The first kappa shape index (κ1) is 11.7. The fraction of sp³-hybridized carbons (Fsp3) is 0.818. The van der Waals surface area contributed by atoms with E-state index in [1.807, 2.05) is 19.9 Å². The average molecular weight is 200 g/mol. The van der Waals surface area contributed by atoms with E-state index in [0.29, 0.717) is 13.2 Å². The number of hydrogen-bond donors (Lipinski definition) is 0. The molecule has 0 amide bonds. The Kier molecular flexibility index (Phi) is 4.11. The van der Waals surface area contributed by atoms with Crippen LogP contribution in [-0.2, 0) is 14.2 Å². The van der Waals surface area contributed by atoms with Gasteiger partial charge in [0.05, 0.1) is 19.3 Å². The van der Waals surface area contributed by atoms with Crippen molar-refractivity contribution in [2.24, 2.45) is 5.41 Å². The minimum absolute atomic E-state index is 0.0665. The van der Waals surface area contributed by atoms with Crippen LogP contribution in [0.4, 0.5) is 0 Å². The van der Waals surface area contributed by atoms with Crippen LogP contribution in [0.15, 0.2) is 12.7 Å². The molecule has 0 N–H and O–H groups in total. The first-order chi connectivity index (χ1) is 6.64. The van der Waals surface area contributed by atoms with Gasteiger partial charge in [0.15, 0.2) is 6.29 Å². The number of hydrogen-bond acceptors (Lipinski definition) is 3. The summed E-state index contributed by atoms with van der Waals surface area (Å²) in [6.07, 6.45) is 2.78. The zero-order valence-electron chi connectivity index (χ0n) is 9.29. The zero-order chi connectivity index (χ0) is 10.6. The van der Waals surface area contributed by atoms with Crippen LogP contribution < -0.4 is 0 Å². The van der Waals surface area contributed by atoms with Crippen molar-refractivity contribution in [1.82, 2.24) is 0 Å². The summed E-state index contributed by atoms with van der Waals surface area (Å²) in [7, 11) is 1.72. The van der Waals surface area contributed by atoms with Gasteiger partial charge in [-0.3, -0.25) is 0 Å². The molecule has 1 heterocycles. The molecule has 82 valence electrons. The van der Waals surface area contributed by atoms with E-state index in [4.69, 9.17) is 14.2 Å². The van der Waals surface area contributed by atoms with E-state index in [-0.39, 0.29) is 17.8 Å². The topological polar surface area (TPSA) is 27.7 Å². The first-order valence-electron chi connectivity index (χ1n) is 5.01. The van der Waals surface area contributed by atoms with Crippen molar-refractivity contribution in [3.63, 3.8) is 0 Å². The fourth-order valence-electron chi connectivity index (χ4n) is 1.71. The van der Waals surface area contributed by atoms with Gasteiger partial charge in [-0.15, -0.1) is 6.58 Å². The maximum Gasteiger partial charge on any atom is 0.154 e. The van der Waals surface area contributed by atoms with Crippen molar-refractivity contribution in [3.8, 4) is 0 Å². The van der Waals surface area contributed by atoms with Gasteiger partial charge in [0, 0.05) is 12.5 Å². The summed E-state index contributed by atoms with van der Waals surface area (Å²) in [6.45, 7) is 9.08. The minimum Gasteiger partial charge on any atom is -0.381 e. The normalized spacial score (nSPS) is 35.2. The largest absolute Gasteiger partial charge is 0.381 e. The third-order valence-electron chi connectivity index (χ3n) is 2.98. The Morgan fingerprint density at radius 1 is 1.57 bits per heavy atom. The molecule has 1 fully saturated rings. The lowest BCUT2D eigenvalue weighted by Crippen LogP contribution is -2.48. The van der Waals surface area contributed by atoms with Crippen LogP contribution in [0.25, 0.3) is 0 Å². The summed E-state index contributed by atoms with van der Waals surface area (Å²) in [4.78, 5) is 0. The highest BCUT2D eigenvalue weighted by Gasteiger charge is 2.40. The number of allylic oxidation sites excluding steroid dienone is 1. The van der Waals surface area contributed by atoms with Crippen LogP contribution in [0.3, 0.4) is 0 Å². The van der Waals surface area contributed by atoms with Crippen LogP contribution in [0.1, 0.15) is 20.3 Å². The molecule has 1 aliphatic rings. The molecule has 1 atom stereocenters. The summed E-state index contributed by atoms with van der Waals surface area (Å²) in [5.74, 6) is 0. The molecular weight excluding hydrogens is 180 g/mol. The Labute approximate surface area is 86.0 Å². The summed E-state index contributed by atoms with van der Waals surface area (Å²) in [5, 5.41) is 0. The Hall–Kier alpha value is -0.380. The maximum atomic E-state index is 5.52. The Balaban J connectivity index is 2.66. The third-order valence-corrected chi connectivity index (χ3v) is 2.98. The van der Waals surface area contributed by atoms with Crippen LogP contribution in [0.5, 0.6) is 0 Å². The van der Waals surface area contributed by atoms with Gasteiger partial charge < -0.3 is 14.2 Å². The molecular formula is C11H20O3. The van der Waals surface area contributed by atoms with E-state index in [9.17, 15) is 0 Å². The quantitative estimate of drug-likeness (QED) is 0.649.